The minimum atomic E-state index is 0.0691. The zero-order chi connectivity index (χ0) is 37.6. The Morgan fingerprint density at radius 1 is 0.554 bits per heavy atom. The van der Waals surface area contributed by atoms with E-state index in [2.05, 4.69) is 172 Å². The minimum absolute atomic E-state index is 0.0691. The predicted molar refractivity (Wildman–Crippen MR) is 232 cm³/mol. The Morgan fingerprint density at radius 3 is 2.14 bits per heavy atom. The van der Waals surface area contributed by atoms with Crippen molar-refractivity contribution >= 4 is 27.6 Å². The van der Waals surface area contributed by atoms with E-state index in [-0.39, 0.29) is 5.92 Å². The number of aryl methyl sites for hydroxylation is 2. The Bertz CT molecular complexity index is 2910. The van der Waals surface area contributed by atoms with Crippen LogP contribution >= 0.6 is 0 Å². The minimum Gasteiger partial charge on any atom is -0.256 e. The van der Waals surface area contributed by atoms with E-state index in [1.54, 1.807) is 0 Å². The summed E-state index contributed by atoms with van der Waals surface area (Å²) in [4.78, 5) is 20.5. The van der Waals surface area contributed by atoms with Crippen molar-refractivity contribution in [1.82, 2.24) is 19.9 Å². The molecule has 268 valence electrons. The first-order chi connectivity index (χ1) is 27.5. The van der Waals surface area contributed by atoms with Gasteiger partial charge in [-0.25, -0.2) is 15.0 Å². The van der Waals surface area contributed by atoms with Crippen LogP contribution in [0.3, 0.4) is 0 Å². The fourth-order valence-corrected chi connectivity index (χ4v) is 8.40. The summed E-state index contributed by atoms with van der Waals surface area (Å²) in [5.41, 5.74) is 13.5. The molecule has 2 aromatic heterocycles. The molecular formula is C52H40N4. The van der Waals surface area contributed by atoms with Gasteiger partial charge in [-0.1, -0.05) is 133 Å². The van der Waals surface area contributed by atoms with Crippen LogP contribution in [0.5, 0.6) is 0 Å². The number of rotatable bonds is 6. The second kappa shape index (κ2) is 14.1. The zero-order valence-corrected chi connectivity index (χ0v) is 31.6. The van der Waals surface area contributed by atoms with Gasteiger partial charge in [0.1, 0.15) is 5.82 Å². The maximum absolute atomic E-state index is 5.24. The molecule has 0 saturated carbocycles. The van der Waals surface area contributed by atoms with Gasteiger partial charge in [0, 0.05) is 34.4 Å². The van der Waals surface area contributed by atoms with Crippen molar-refractivity contribution in [3.05, 3.63) is 186 Å². The van der Waals surface area contributed by atoms with Gasteiger partial charge in [0.05, 0.1) is 5.69 Å². The molecule has 2 aliphatic carbocycles. The highest BCUT2D eigenvalue weighted by Crippen LogP contribution is 2.39. The van der Waals surface area contributed by atoms with Gasteiger partial charge in [-0.05, 0) is 119 Å². The Hall–Kier alpha value is -6.78. The summed E-state index contributed by atoms with van der Waals surface area (Å²) in [5, 5.41) is 5.04. The molecule has 4 heteroatoms. The fraction of sp³-hybridized carbons (Fsp3) is 0.115. The molecule has 1 atom stereocenters. The quantitative estimate of drug-likeness (QED) is 0.161. The van der Waals surface area contributed by atoms with Gasteiger partial charge >= 0.3 is 0 Å². The van der Waals surface area contributed by atoms with Crippen LogP contribution in [0.4, 0.5) is 0 Å². The van der Waals surface area contributed by atoms with E-state index in [1.807, 2.05) is 6.20 Å². The number of aromatic nitrogens is 4. The van der Waals surface area contributed by atoms with Crippen LogP contribution in [0.25, 0.3) is 83.9 Å². The largest absolute Gasteiger partial charge is 0.256 e. The summed E-state index contributed by atoms with van der Waals surface area (Å²) in [7, 11) is 0. The highest BCUT2D eigenvalue weighted by Gasteiger charge is 2.21. The third-order valence-corrected chi connectivity index (χ3v) is 11.2. The average Bonchev–Trinajstić information content (AvgIpc) is 3.25. The molecule has 0 saturated heterocycles. The zero-order valence-electron chi connectivity index (χ0n) is 31.6. The van der Waals surface area contributed by atoms with Crippen LogP contribution in [-0.2, 0) is 6.42 Å². The van der Waals surface area contributed by atoms with Crippen molar-refractivity contribution in [3.8, 4) is 56.3 Å². The van der Waals surface area contributed by atoms with Gasteiger partial charge in [-0.15, -0.1) is 0 Å². The van der Waals surface area contributed by atoms with E-state index in [1.165, 1.54) is 54.9 Å². The van der Waals surface area contributed by atoms with E-state index in [4.69, 9.17) is 19.9 Å². The first kappa shape index (κ1) is 33.8. The van der Waals surface area contributed by atoms with E-state index >= 15 is 0 Å². The SMILES string of the molecule is CC1=CC(c2nc(-c3cccc(C)c3)nc(-c3cc(-c4ccc(-c5cc6ccccc6c6ccccc56)cc4)cc(-c4nccc5c4C=CCC5)c3)n2)CC=C1. The topological polar surface area (TPSA) is 51.6 Å². The monoisotopic (exact) mass is 720 g/mol. The summed E-state index contributed by atoms with van der Waals surface area (Å²) in [6, 6.07) is 46.0. The Morgan fingerprint density at radius 2 is 1.30 bits per heavy atom. The number of allylic oxidation sites excluding steroid dienone is 5. The summed E-state index contributed by atoms with van der Waals surface area (Å²) in [6.45, 7) is 4.24. The summed E-state index contributed by atoms with van der Waals surface area (Å²) in [6.07, 6.45) is 16.0. The lowest BCUT2D eigenvalue weighted by molar-refractivity contribution is 0.758. The summed E-state index contributed by atoms with van der Waals surface area (Å²) >= 11 is 0. The van der Waals surface area contributed by atoms with Crippen molar-refractivity contribution in [2.45, 2.75) is 39.0 Å². The molecule has 0 radical (unpaired) electrons. The van der Waals surface area contributed by atoms with Gasteiger partial charge in [-0.2, -0.15) is 0 Å². The van der Waals surface area contributed by atoms with E-state index in [0.717, 1.165) is 58.6 Å². The number of pyridine rings is 1. The lowest BCUT2D eigenvalue weighted by atomic mass is 9.90. The van der Waals surface area contributed by atoms with Crippen LogP contribution < -0.4 is 0 Å². The maximum atomic E-state index is 5.24. The molecule has 56 heavy (non-hydrogen) atoms. The second-order valence-corrected chi connectivity index (χ2v) is 15.1. The van der Waals surface area contributed by atoms with Gasteiger partial charge in [-0.3, -0.25) is 4.98 Å². The van der Waals surface area contributed by atoms with Crippen molar-refractivity contribution < 1.29 is 0 Å². The molecule has 8 aromatic rings. The van der Waals surface area contributed by atoms with Crippen molar-refractivity contribution in [3.63, 3.8) is 0 Å². The van der Waals surface area contributed by atoms with E-state index in [9.17, 15) is 0 Å². The molecule has 2 heterocycles. The lowest BCUT2D eigenvalue weighted by Crippen LogP contribution is -2.08. The smallest absolute Gasteiger partial charge is 0.163 e. The number of nitrogens with zero attached hydrogens (tertiary/aromatic N) is 4. The normalized spacial score (nSPS) is 14.9. The lowest BCUT2D eigenvalue weighted by Gasteiger charge is -2.18. The number of fused-ring (bicyclic) bond motifs is 4. The fourth-order valence-electron chi connectivity index (χ4n) is 8.40. The first-order valence-electron chi connectivity index (χ1n) is 19.5. The van der Waals surface area contributed by atoms with Crippen molar-refractivity contribution in [2.75, 3.05) is 0 Å². The molecule has 0 amide bonds. The average molecular weight is 721 g/mol. The van der Waals surface area contributed by atoms with Gasteiger partial charge in [0.15, 0.2) is 11.6 Å². The highest BCUT2D eigenvalue weighted by molar-refractivity contribution is 6.13. The summed E-state index contributed by atoms with van der Waals surface area (Å²) in [5.74, 6) is 2.20. The molecule has 0 fully saturated rings. The van der Waals surface area contributed by atoms with Crippen LogP contribution in [-0.4, -0.2) is 19.9 Å². The van der Waals surface area contributed by atoms with Crippen molar-refractivity contribution in [2.24, 2.45) is 0 Å². The first-order valence-corrected chi connectivity index (χ1v) is 19.5. The molecule has 1 unspecified atom stereocenters. The molecule has 0 spiro atoms. The molecular weight excluding hydrogens is 681 g/mol. The molecule has 10 rings (SSSR count). The maximum Gasteiger partial charge on any atom is 0.163 e. The molecule has 6 aromatic carbocycles. The Balaban J connectivity index is 1.15. The summed E-state index contributed by atoms with van der Waals surface area (Å²) < 4.78 is 0. The van der Waals surface area contributed by atoms with Crippen molar-refractivity contribution in [1.29, 1.82) is 0 Å². The van der Waals surface area contributed by atoms with Crippen LogP contribution in [0, 0.1) is 6.92 Å². The molecule has 0 N–H and O–H groups in total. The molecule has 2 aliphatic rings. The number of benzene rings is 6. The molecule has 0 bridgehead atoms. The highest BCUT2D eigenvalue weighted by atomic mass is 15.0. The standard InChI is InChI=1S/C52H40N4/c1-33-11-9-15-39(27-33)50-54-51(40-16-10-12-34(2)28-40)56-52(55-50)43-30-41(29-42(31-43)49-45-18-6-3-13-36(45)25-26-53-49)35-21-23-37(24-22-35)48-32-38-14-4-5-17-44(38)46-19-7-8-20-47(46)48/h4-12,14-15,17-32,40H,3,13,16H2,1-2H3. The third kappa shape index (κ3) is 6.33. The molecule has 0 aliphatic heterocycles. The van der Waals surface area contributed by atoms with E-state index in [0.29, 0.717) is 11.6 Å². The Kier molecular flexibility index (Phi) is 8.52. The Labute approximate surface area is 327 Å². The predicted octanol–water partition coefficient (Wildman–Crippen LogP) is 13.2. The van der Waals surface area contributed by atoms with E-state index < -0.39 is 0 Å². The number of hydrogen-bond acceptors (Lipinski definition) is 4. The van der Waals surface area contributed by atoms with Crippen LogP contribution in [0.15, 0.2) is 163 Å². The molecule has 4 nitrogen and oxygen atoms in total. The number of hydrogen-bond donors (Lipinski definition) is 0. The van der Waals surface area contributed by atoms with Gasteiger partial charge in [0.25, 0.3) is 0 Å². The second-order valence-electron chi connectivity index (χ2n) is 15.1. The third-order valence-electron chi connectivity index (χ3n) is 11.2. The van der Waals surface area contributed by atoms with Crippen LogP contribution in [0.2, 0.25) is 0 Å². The van der Waals surface area contributed by atoms with Gasteiger partial charge < -0.3 is 0 Å². The van der Waals surface area contributed by atoms with Gasteiger partial charge in [0.2, 0.25) is 0 Å². The van der Waals surface area contributed by atoms with Crippen LogP contribution in [0.1, 0.15) is 48.2 Å².